The van der Waals surface area contributed by atoms with Crippen molar-refractivity contribution in [2.75, 3.05) is 6.54 Å². The molecule has 98 valence electrons. The lowest BCUT2D eigenvalue weighted by molar-refractivity contribution is 0.0947. The number of nitrogens with one attached hydrogen (secondary N) is 1. The number of carbonyl (C=O) groups excluding carboxylic acids is 1. The number of amides is 1. The Balaban J connectivity index is 1.92. The lowest BCUT2D eigenvalue weighted by atomic mass is 10.1. The van der Waals surface area contributed by atoms with Crippen molar-refractivity contribution >= 4 is 28.4 Å². The first-order chi connectivity index (χ1) is 9.07. The third-order valence-corrected chi connectivity index (χ3v) is 3.90. The van der Waals surface area contributed by atoms with Gasteiger partial charge in [-0.3, -0.25) is 4.79 Å². The largest absolute Gasteiger partial charge is 0.351 e. The molecule has 0 atom stereocenters. The predicted molar refractivity (Wildman–Crippen MR) is 76.4 cm³/mol. The predicted octanol–water partition coefficient (Wildman–Crippen LogP) is 3.42. The van der Waals surface area contributed by atoms with Crippen LogP contribution in [0.25, 0.3) is 10.9 Å². The fourth-order valence-electron chi connectivity index (χ4n) is 2.11. The first-order valence-corrected chi connectivity index (χ1v) is 6.79. The summed E-state index contributed by atoms with van der Waals surface area (Å²) in [5.41, 5.74) is 1.64. The first-order valence-electron chi connectivity index (χ1n) is 6.41. The highest BCUT2D eigenvalue weighted by molar-refractivity contribution is 6.30. The number of rotatable bonds is 3. The van der Waals surface area contributed by atoms with E-state index in [1.54, 1.807) is 6.07 Å². The van der Waals surface area contributed by atoms with E-state index >= 15 is 0 Å². The van der Waals surface area contributed by atoms with Crippen LogP contribution in [0.4, 0.5) is 0 Å². The van der Waals surface area contributed by atoms with E-state index in [9.17, 15) is 4.79 Å². The Morgan fingerprint density at radius 2 is 2.16 bits per heavy atom. The molecular weight excluding hydrogens is 260 g/mol. The molecule has 3 nitrogen and oxygen atoms in total. The van der Waals surface area contributed by atoms with E-state index in [1.165, 1.54) is 12.8 Å². The van der Waals surface area contributed by atoms with Crippen LogP contribution in [-0.2, 0) is 0 Å². The minimum atomic E-state index is -0.0753. The molecule has 4 heteroatoms. The monoisotopic (exact) mass is 274 g/mol. The minimum Gasteiger partial charge on any atom is -0.351 e. The standard InChI is InChI=1S/C15H15ClN2O/c1-15(6-7-15)9-17-14(19)11-8-13(16)18-12-5-3-2-4-10(11)12/h2-5,8H,6-7,9H2,1H3,(H,17,19). The van der Waals surface area contributed by atoms with Crippen LogP contribution >= 0.6 is 11.6 Å². The zero-order valence-electron chi connectivity index (χ0n) is 10.7. The van der Waals surface area contributed by atoms with Crippen molar-refractivity contribution in [3.8, 4) is 0 Å². The Morgan fingerprint density at radius 3 is 2.89 bits per heavy atom. The summed E-state index contributed by atoms with van der Waals surface area (Å²) in [7, 11) is 0. The molecule has 1 aliphatic rings. The van der Waals surface area contributed by atoms with E-state index in [0.29, 0.717) is 16.1 Å². The molecule has 0 spiro atoms. The smallest absolute Gasteiger partial charge is 0.252 e. The Bertz CT molecular complexity index is 650. The summed E-state index contributed by atoms with van der Waals surface area (Å²) >= 11 is 5.98. The van der Waals surface area contributed by atoms with Gasteiger partial charge in [0.2, 0.25) is 0 Å². The van der Waals surface area contributed by atoms with Crippen molar-refractivity contribution in [3.05, 3.63) is 41.0 Å². The second-order valence-corrected chi connectivity index (χ2v) is 5.89. The van der Waals surface area contributed by atoms with Crippen LogP contribution < -0.4 is 5.32 Å². The average Bonchev–Trinajstić information content (AvgIpc) is 3.13. The van der Waals surface area contributed by atoms with E-state index < -0.39 is 0 Å². The van der Waals surface area contributed by atoms with Gasteiger partial charge in [-0.2, -0.15) is 0 Å². The van der Waals surface area contributed by atoms with Gasteiger partial charge in [0, 0.05) is 11.9 Å². The molecule has 0 bridgehead atoms. The molecule has 1 fully saturated rings. The molecule has 1 saturated carbocycles. The number of benzene rings is 1. The maximum atomic E-state index is 12.3. The van der Waals surface area contributed by atoms with Crippen LogP contribution in [-0.4, -0.2) is 17.4 Å². The summed E-state index contributed by atoms with van der Waals surface area (Å²) in [6.07, 6.45) is 2.37. The van der Waals surface area contributed by atoms with Crippen LogP contribution in [0.15, 0.2) is 30.3 Å². The summed E-state index contributed by atoms with van der Waals surface area (Å²) < 4.78 is 0. The first kappa shape index (κ1) is 12.4. The van der Waals surface area contributed by atoms with Gasteiger partial charge in [0.05, 0.1) is 11.1 Å². The van der Waals surface area contributed by atoms with Gasteiger partial charge in [-0.25, -0.2) is 4.98 Å². The lowest BCUT2D eigenvalue weighted by Gasteiger charge is -2.11. The van der Waals surface area contributed by atoms with E-state index in [0.717, 1.165) is 17.4 Å². The Hall–Kier alpha value is -1.61. The molecular formula is C15H15ClN2O. The number of carbonyl (C=O) groups is 1. The van der Waals surface area contributed by atoms with Gasteiger partial charge in [-0.15, -0.1) is 0 Å². The number of nitrogens with zero attached hydrogens (tertiary/aromatic N) is 1. The molecule has 1 aromatic heterocycles. The Labute approximate surface area is 117 Å². The highest BCUT2D eigenvalue weighted by Gasteiger charge is 2.37. The number of aromatic nitrogens is 1. The SMILES string of the molecule is CC1(CNC(=O)c2cc(Cl)nc3ccccc23)CC1. The molecule has 1 aliphatic carbocycles. The fraction of sp³-hybridized carbons (Fsp3) is 0.333. The van der Waals surface area contributed by atoms with E-state index in [4.69, 9.17) is 11.6 Å². The summed E-state index contributed by atoms with van der Waals surface area (Å²) in [6.45, 7) is 2.91. The third kappa shape index (κ3) is 2.56. The highest BCUT2D eigenvalue weighted by atomic mass is 35.5. The molecule has 0 aliphatic heterocycles. The van der Waals surface area contributed by atoms with E-state index in [1.807, 2.05) is 24.3 Å². The van der Waals surface area contributed by atoms with E-state index in [-0.39, 0.29) is 5.91 Å². The van der Waals surface area contributed by atoms with Crippen LogP contribution in [0, 0.1) is 5.41 Å². The van der Waals surface area contributed by atoms with E-state index in [2.05, 4.69) is 17.2 Å². The molecule has 1 amide bonds. The van der Waals surface area contributed by atoms with Gasteiger partial charge in [-0.05, 0) is 30.4 Å². The highest BCUT2D eigenvalue weighted by Crippen LogP contribution is 2.44. The number of pyridine rings is 1. The minimum absolute atomic E-state index is 0.0753. The number of hydrogen-bond donors (Lipinski definition) is 1. The van der Waals surface area contributed by atoms with Crippen molar-refractivity contribution in [2.45, 2.75) is 19.8 Å². The molecule has 1 N–H and O–H groups in total. The summed E-state index contributed by atoms with van der Waals surface area (Å²) in [6, 6.07) is 9.18. The van der Waals surface area contributed by atoms with Gasteiger partial charge in [-0.1, -0.05) is 36.7 Å². The van der Waals surface area contributed by atoms with Crippen LogP contribution in [0.1, 0.15) is 30.1 Å². The fourth-order valence-corrected chi connectivity index (χ4v) is 2.31. The second kappa shape index (κ2) is 4.49. The zero-order valence-corrected chi connectivity index (χ0v) is 11.5. The van der Waals surface area contributed by atoms with Gasteiger partial charge in [0.25, 0.3) is 5.91 Å². The number of para-hydroxylation sites is 1. The summed E-state index contributed by atoms with van der Waals surface area (Å²) in [5.74, 6) is -0.0753. The van der Waals surface area contributed by atoms with Gasteiger partial charge < -0.3 is 5.32 Å². The van der Waals surface area contributed by atoms with Gasteiger partial charge in [0.1, 0.15) is 5.15 Å². The van der Waals surface area contributed by atoms with Crippen LogP contribution in [0.3, 0.4) is 0 Å². The molecule has 2 aromatic rings. The van der Waals surface area contributed by atoms with Crippen molar-refractivity contribution in [1.29, 1.82) is 0 Å². The number of fused-ring (bicyclic) bond motifs is 1. The molecule has 1 aromatic carbocycles. The zero-order chi connectivity index (χ0) is 13.5. The topological polar surface area (TPSA) is 42.0 Å². The number of halogens is 1. The van der Waals surface area contributed by atoms with Crippen LogP contribution in [0.2, 0.25) is 5.15 Å². The molecule has 0 unspecified atom stereocenters. The Kier molecular flexibility index (Phi) is 2.94. The lowest BCUT2D eigenvalue weighted by Crippen LogP contribution is -2.29. The Morgan fingerprint density at radius 1 is 1.42 bits per heavy atom. The average molecular weight is 275 g/mol. The normalized spacial score (nSPS) is 16.3. The van der Waals surface area contributed by atoms with Crippen molar-refractivity contribution < 1.29 is 4.79 Å². The van der Waals surface area contributed by atoms with Gasteiger partial charge >= 0.3 is 0 Å². The molecule has 1 heterocycles. The van der Waals surface area contributed by atoms with Crippen molar-refractivity contribution in [1.82, 2.24) is 10.3 Å². The summed E-state index contributed by atoms with van der Waals surface area (Å²) in [4.78, 5) is 16.5. The quantitative estimate of drug-likeness (QED) is 0.872. The maximum Gasteiger partial charge on any atom is 0.252 e. The number of hydrogen-bond acceptors (Lipinski definition) is 2. The molecule has 3 rings (SSSR count). The van der Waals surface area contributed by atoms with Crippen molar-refractivity contribution in [3.63, 3.8) is 0 Å². The van der Waals surface area contributed by atoms with Crippen LogP contribution in [0.5, 0.6) is 0 Å². The van der Waals surface area contributed by atoms with Crippen molar-refractivity contribution in [2.24, 2.45) is 5.41 Å². The molecule has 0 saturated heterocycles. The maximum absolute atomic E-state index is 12.3. The molecule has 0 radical (unpaired) electrons. The molecule has 19 heavy (non-hydrogen) atoms. The third-order valence-electron chi connectivity index (χ3n) is 3.71. The second-order valence-electron chi connectivity index (χ2n) is 5.50. The summed E-state index contributed by atoms with van der Waals surface area (Å²) in [5, 5.41) is 4.18. The van der Waals surface area contributed by atoms with Gasteiger partial charge in [0.15, 0.2) is 0 Å².